The maximum atomic E-state index is 11.4. The van der Waals surface area contributed by atoms with Crippen molar-refractivity contribution in [3.8, 4) is 17.4 Å². The molecule has 4 rings (SSSR count). The van der Waals surface area contributed by atoms with E-state index in [2.05, 4.69) is 9.97 Å². The van der Waals surface area contributed by atoms with Gasteiger partial charge in [0.15, 0.2) is 0 Å². The number of carbonyl (C=O) groups is 1. The molecule has 29 heavy (non-hydrogen) atoms. The zero-order valence-electron chi connectivity index (χ0n) is 16.2. The molecule has 1 aromatic carbocycles. The summed E-state index contributed by atoms with van der Waals surface area (Å²) < 4.78 is 11.7. The van der Waals surface area contributed by atoms with Gasteiger partial charge < -0.3 is 14.6 Å². The molecule has 1 unspecified atom stereocenters. The van der Waals surface area contributed by atoms with Gasteiger partial charge in [0.1, 0.15) is 11.5 Å². The van der Waals surface area contributed by atoms with Crippen LogP contribution in [0.2, 0.25) is 0 Å². The highest BCUT2D eigenvalue weighted by atomic mass is 16.5. The van der Waals surface area contributed by atoms with E-state index in [4.69, 9.17) is 9.47 Å². The van der Waals surface area contributed by atoms with Crippen LogP contribution in [0.15, 0.2) is 54.9 Å². The third kappa shape index (κ3) is 4.37. The molecule has 0 fully saturated rings. The van der Waals surface area contributed by atoms with Crippen LogP contribution >= 0.6 is 0 Å². The number of aryl methyl sites for hydroxylation is 2. The molecule has 0 amide bonds. The summed E-state index contributed by atoms with van der Waals surface area (Å²) in [7, 11) is 0. The molecule has 1 atom stereocenters. The van der Waals surface area contributed by atoms with Gasteiger partial charge in [-0.1, -0.05) is 12.1 Å². The summed E-state index contributed by atoms with van der Waals surface area (Å²) in [6.45, 7) is 2.55. The summed E-state index contributed by atoms with van der Waals surface area (Å²) in [6.07, 6.45) is 5.55. The standard InChI is InChI=1S/C23H22N2O4/c1-15-3-2-4-22(25-15)29-18-7-8-19-16(10-12-28-21(19)13-18)5-6-17-14-24-11-9-20(17)23(26)27/h2-4,7-9,11,13-14,16H,5-6,10,12H2,1H3,(H,26,27). The predicted octanol–water partition coefficient (Wildman–Crippen LogP) is 4.77. The predicted molar refractivity (Wildman–Crippen MR) is 108 cm³/mol. The quantitative estimate of drug-likeness (QED) is 0.653. The Balaban J connectivity index is 1.49. The maximum Gasteiger partial charge on any atom is 0.336 e. The number of aromatic carboxylic acids is 1. The fourth-order valence-corrected chi connectivity index (χ4v) is 3.67. The zero-order valence-corrected chi connectivity index (χ0v) is 16.2. The van der Waals surface area contributed by atoms with Crippen LogP contribution in [0.25, 0.3) is 0 Å². The minimum atomic E-state index is -0.915. The number of hydrogen-bond acceptors (Lipinski definition) is 5. The van der Waals surface area contributed by atoms with Gasteiger partial charge in [-0.2, -0.15) is 0 Å². The molecule has 0 saturated heterocycles. The number of nitrogens with zero attached hydrogens (tertiary/aromatic N) is 2. The van der Waals surface area contributed by atoms with Crippen molar-refractivity contribution in [1.29, 1.82) is 0 Å². The topological polar surface area (TPSA) is 81.5 Å². The first-order valence-electron chi connectivity index (χ1n) is 9.64. The number of fused-ring (bicyclic) bond motifs is 1. The molecule has 0 saturated carbocycles. The van der Waals surface area contributed by atoms with Crippen molar-refractivity contribution in [1.82, 2.24) is 9.97 Å². The summed E-state index contributed by atoms with van der Waals surface area (Å²) >= 11 is 0. The van der Waals surface area contributed by atoms with Crippen LogP contribution in [0.4, 0.5) is 0 Å². The van der Waals surface area contributed by atoms with Crippen molar-refractivity contribution in [2.75, 3.05) is 6.61 Å². The molecule has 1 aliphatic heterocycles. The summed E-state index contributed by atoms with van der Waals surface area (Å²) in [6, 6.07) is 13.1. The Bertz CT molecular complexity index is 1030. The van der Waals surface area contributed by atoms with E-state index in [1.54, 1.807) is 12.3 Å². The molecule has 1 aliphatic rings. The largest absolute Gasteiger partial charge is 0.493 e. The van der Waals surface area contributed by atoms with E-state index < -0.39 is 5.97 Å². The Morgan fingerprint density at radius 2 is 2.17 bits per heavy atom. The Kier molecular flexibility index (Phi) is 5.42. The van der Waals surface area contributed by atoms with Crippen molar-refractivity contribution in [2.45, 2.75) is 32.1 Å². The smallest absolute Gasteiger partial charge is 0.336 e. The SMILES string of the molecule is Cc1cccc(Oc2ccc3c(c2)OCCC3CCc2cnccc2C(=O)O)n1. The lowest BCUT2D eigenvalue weighted by atomic mass is 9.87. The highest BCUT2D eigenvalue weighted by Gasteiger charge is 2.23. The molecule has 148 valence electrons. The average molecular weight is 390 g/mol. The second-order valence-corrected chi connectivity index (χ2v) is 7.13. The van der Waals surface area contributed by atoms with Crippen molar-refractivity contribution in [3.63, 3.8) is 0 Å². The minimum absolute atomic E-state index is 0.298. The van der Waals surface area contributed by atoms with Gasteiger partial charge in [-0.25, -0.2) is 9.78 Å². The van der Waals surface area contributed by atoms with E-state index in [0.717, 1.165) is 35.4 Å². The monoisotopic (exact) mass is 390 g/mol. The van der Waals surface area contributed by atoms with E-state index in [9.17, 15) is 9.90 Å². The first kappa shape index (κ1) is 18.9. The lowest BCUT2D eigenvalue weighted by molar-refractivity contribution is 0.0695. The number of benzene rings is 1. The van der Waals surface area contributed by atoms with Crippen LogP contribution in [-0.4, -0.2) is 27.7 Å². The molecule has 6 nitrogen and oxygen atoms in total. The summed E-state index contributed by atoms with van der Waals surface area (Å²) in [5, 5.41) is 9.36. The van der Waals surface area contributed by atoms with Gasteiger partial charge in [-0.15, -0.1) is 0 Å². The minimum Gasteiger partial charge on any atom is -0.493 e. The van der Waals surface area contributed by atoms with Gasteiger partial charge >= 0.3 is 5.97 Å². The Morgan fingerprint density at radius 3 is 3.00 bits per heavy atom. The Hall–Kier alpha value is -3.41. The third-order valence-corrected chi connectivity index (χ3v) is 5.13. The van der Waals surface area contributed by atoms with Crippen LogP contribution in [0.3, 0.4) is 0 Å². The lowest BCUT2D eigenvalue weighted by Crippen LogP contribution is -2.15. The molecule has 0 aliphatic carbocycles. The highest BCUT2D eigenvalue weighted by molar-refractivity contribution is 5.89. The Morgan fingerprint density at radius 1 is 1.28 bits per heavy atom. The van der Waals surface area contributed by atoms with Crippen molar-refractivity contribution in [3.05, 3.63) is 77.2 Å². The molecule has 1 N–H and O–H groups in total. The van der Waals surface area contributed by atoms with Crippen molar-refractivity contribution < 1.29 is 19.4 Å². The molecule has 0 radical (unpaired) electrons. The van der Waals surface area contributed by atoms with Crippen LogP contribution in [0.1, 0.15) is 45.9 Å². The molecular weight excluding hydrogens is 368 g/mol. The van der Waals surface area contributed by atoms with Gasteiger partial charge in [0.25, 0.3) is 0 Å². The van der Waals surface area contributed by atoms with Crippen LogP contribution in [0.5, 0.6) is 17.4 Å². The van der Waals surface area contributed by atoms with E-state index >= 15 is 0 Å². The van der Waals surface area contributed by atoms with E-state index in [1.807, 2.05) is 43.3 Å². The summed E-state index contributed by atoms with van der Waals surface area (Å²) in [5.74, 6) is 1.43. The number of aromatic nitrogens is 2. The molecular formula is C23H22N2O4. The molecule has 0 spiro atoms. The number of ether oxygens (including phenoxy) is 2. The maximum absolute atomic E-state index is 11.4. The van der Waals surface area contributed by atoms with Crippen LogP contribution < -0.4 is 9.47 Å². The summed E-state index contributed by atoms with van der Waals surface area (Å²) in [5.41, 5.74) is 3.11. The number of hydrogen-bond donors (Lipinski definition) is 1. The highest BCUT2D eigenvalue weighted by Crippen LogP contribution is 2.39. The fraction of sp³-hybridized carbons (Fsp3) is 0.261. The number of rotatable bonds is 6. The van der Waals surface area contributed by atoms with Gasteiger partial charge in [-0.3, -0.25) is 4.98 Å². The van der Waals surface area contributed by atoms with Gasteiger partial charge in [0.05, 0.1) is 12.2 Å². The molecule has 6 heteroatoms. The average Bonchev–Trinajstić information content (AvgIpc) is 2.72. The van der Waals surface area contributed by atoms with Gasteiger partial charge in [0.2, 0.25) is 5.88 Å². The van der Waals surface area contributed by atoms with Crippen molar-refractivity contribution >= 4 is 5.97 Å². The molecule has 0 bridgehead atoms. The Labute approximate surface area is 169 Å². The first-order chi connectivity index (χ1) is 14.1. The molecule has 2 aromatic heterocycles. The fourth-order valence-electron chi connectivity index (χ4n) is 3.67. The first-order valence-corrected chi connectivity index (χ1v) is 9.64. The number of carboxylic acid groups (broad SMARTS) is 1. The zero-order chi connectivity index (χ0) is 20.2. The summed E-state index contributed by atoms with van der Waals surface area (Å²) in [4.78, 5) is 19.9. The molecule has 3 aromatic rings. The van der Waals surface area contributed by atoms with Gasteiger partial charge in [-0.05, 0) is 61.4 Å². The van der Waals surface area contributed by atoms with E-state index in [1.165, 1.54) is 6.20 Å². The second kappa shape index (κ2) is 8.31. The lowest BCUT2D eigenvalue weighted by Gasteiger charge is -2.26. The van der Waals surface area contributed by atoms with Crippen LogP contribution in [0, 0.1) is 6.92 Å². The number of carboxylic acids is 1. The third-order valence-electron chi connectivity index (χ3n) is 5.13. The second-order valence-electron chi connectivity index (χ2n) is 7.13. The number of pyridine rings is 2. The van der Waals surface area contributed by atoms with Crippen molar-refractivity contribution in [2.24, 2.45) is 0 Å². The van der Waals surface area contributed by atoms with Crippen LogP contribution in [-0.2, 0) is 6.42 Å². The van der Waals surface area contributed by atoms with Gasteiger partial charge in [0, 0.05) is 30.2 Å². The normalized spacial score (nSPS) is 15.3. The molecule has 3 heterocycles. The van der Waals surface area contributed by atoms with E-state index in [0.29, 0.717) is 36.1 Å². The van der Waals surface area contributed by atoms with E-state index in [-0.39, 0.29) is 0 Å².